The topological polar surface area (TPSA) is 42.0 Å². The van der Waals surface area contributed by atoms with Gasteiger partial charge in [-0.2, -0.15) is 0 Å². The minimum Gasteiger partial charge on any atom is -0.321 e. The highest BCUT2D eigenvalue weighted by atomic mass is 35.5. The molecule has 0 atom stereocenters. The molecule has 0 fully saturated rings. The van der Waals surface area contributed by atoms with Gasteiger partial charge in [-0.1, -0.05) is 23.7 Å². The van der Waals surface area contributed by atoms with Crippen LogP contribution < -0.4 is 5.32 Å². The zero-order valence-electron chi connectivity index (χ0n) is 12.0. The molecule has 0 saturated heterocycles. The van der Waals surface area contributed by atoms with Gasteiger partial charge in [-0.15, -0.1) is 22.7 Å². The van der Waals surface area contributed by atoms with Gasteiger partial charge in [-0.25, -0.2) is 4.98 Å². The van der Waals surface area contributed by atoms with E-state index in [1.54, 1.807) is 17.4 Å². The van der Waals surface area contributed by atoms with Crippen LogP contribution in [0.4, 0.5) is 5.69 Å². The monoisotopic (exact) mass is 348 g/mol. The van der Waals surface area contributed by atoms with E-state index in [0.717, 1.165) is 21.1 Å². The molecule has 0 bridgehead atoms. The van der Waals surface area contributed by atoms with Gasteiger partial charge in [0.25, 0.3) is 5.91 Å². The molecule has 1 aromatic carbocycles. The first-order valence-electron chi connectivity index (χ1n) is 6.63. The summed E-state index contributed by atoms with van der Waals surface area (Å²) < 4.78 is 0. The maximum absolute atomic E-state index is 12.4. The van der Waals surface area contributed by atoms with E-state index in [0.29, 0.717) is 15.6 Å². The molecular formula is C16H13ClN2OS2. The molecule has 3 rings (SSSR count). The lowest BCUT2D eigenvalue weighted by atomic mass is 10.2. The quantitative estimate of drug-likeness (QED) is 0.689. The van der Waals surface area contributed by atoms with Crippen LogP contribution in [0.15, 0.2) is 35.7 Å². The van der Waals surface area contributed by atoms with E-state index in [1.165, 1.54) is 11.3 Å². The second kappa shape index (κ2) is 6.20. The number of amides is 1. The number of benzene rings is 1. The Labute approximate surface area is 141 Å². The van der Waals surface area contributed by atoms with Crippen LogP contribution in [0, 0.1) is 13.8 Å². The normalized spacial score (nSPS) is 10.7. The lowest BCUT2D eigenvalue weighted by molar-refractivity contribution is 0.103. The summed E-state index contributed by atoms with van der Waals surface area (Å²) in [5.74, 6) is -0.155. The zero-order valence-corrected chi connectivity index (χ0v) is 14.4. The predicted molar refractivity (Wildman–Crippen MR) is 94.3 cm³/mol. The molecule has 0 unspecified atom stereocenters. The summed E-state index contributed by atoms with van der Waals surface area (Å²) in [6.45, 7) is 3.78. The fraction of sp³-hybridized carbons (Fsp3) is 0.125. The van der Waals surface area contributed by atoms with Crippen LogP contribution in [0.25, 0.3) is 9.88 Å². The molecule has 0 aliphatic rings. The molecule has 0 aliphatic carbocycles. The number of nitrogens with zero attached hydrogens (tertiary/aromatic N) is 1. The van der Waals surface area contributed by atoms with Gasteiger partial charge in [0.15, 0.2) is 0 Å². The number of rotatable bonds is 3. The summed E-state index contributed by atoms with van der Waals surface area (Å²) in [5, 5.41) is 6.39. The van der Waals surface area contributed by atoms with Gasteiger partial charge in [0.1, 0.15) is 9.88 Å². The van der Waals surface area contributed by atoms with Crippen molar-refractivity contribution in [2.24, 2.45) is 0 Å². The van der Waals surface area contributed by atoms with Crippen molar-refractivity contribution in [1.29, 1.82) is 0 Å². The summed E-state index contributed by atoms with van der Waals surface area (Å²) in [5.41, 5.74) is 2.41. The lowest BCUT2D eigenvalue weighted by Crippen LogP contribution is -2.11. The number of hydrogen-bond donors (Lipinski definition) is 1. The van der Waals surface area contributed by atoms with E-state index in [4.69, 9.17) is 11.6 Å². The van der Waals surface area contributed by atoms with Crippen LogP contribution >= 0.6 is 34.3 Å². The van der Waals surface area contributed by atoms with Gasteiger partial charge in [0, 0.05) is 10.7 Å². The number of hydrogen-bond acceptors (Lipinski definition) is 4. The fourth-order valence-electron chi connectivity index (χ4n) is 1.97. The molecule has 2 aromatic heterocycles. The first-order valence-corrected chi connectivity index (χ1v) is 8.71. The summed E-state index contributed by atoms with van der Waals surface area (Å²) in [6.07, 6.45) is 0. The van der Waals surface area contributed by atoms with Gasteiger partial charge >= 0.3 is 0 Å². The van der Waals surface area contributed by atoms with Crippen molar-refractivity contribution < 1.29 is 4.79 Å². The van der Waals surface area contributed by atoms with Gasteiger partial charge in [0.05, 0.1) is 10.6 Å². The number of aromatic nitrogens is 1. The highest BCUT2D eigenvalue weighted by Crippen LogP contribution is 2.31. The smallest absolute Gasteiger partial charge is 0.267 e. The Morgan fingerprint density at radius 3 is 2.77 bits per heavy atom. The van der Waals surface area contributed by atoms with E-state index in [1.807, 2.05) is 43.5 Å². The highest BCUT2D eigenvalue weighted by molar-refractivity contribution is 7.22. The van der Waals surface area contributed by atoms with Crippen molar-refractivity contribution in [1.82, 2.24) is 4.98 Å². The highest BCUT2D eigenvalue weighted by Gasteiger charge is 2.17. The van der Waals surface area contributed by atoms with Crippen molar-refractivity contribution >= 4 is 45.9 Å². The molecule has 2 heterocycles. The predicted octanol–water partition coefficient (Wildman–Crippen LogP) is 5.39. The number of thiazole rings is 1. The molecule has 0 saturated carbocycles. The first kappa shape index (κ1) is 15.2. The van der Waals surface area contributed by atoms with Crippen molar-refractivity contribution in [2.75, 3.05) is 5.32 Å². The summed E-state index contributed by atoms with van der Waals surface area (Å²) >= 11 is 9.11. The number of carbonyl (C=O) groups is 1. The maximum atomic E-state index is 12.4. The zero-order chi connectivity index (χ0) is 15.7. The Morgan fingerprint density at radius 1 is 1.27 bits per heavy atom. The van der Waals surface area contributed by atoms with Crippen LogP contribution in [0.1, 0.15) is 20.9 Å². The minimum absolute atomic E-state index is 0.155. The van der Waals surface area contributed by atoms with E-state index < -0.39 is 0 Å². The van der Waals surface area contributed by atoms with E-state index in [9.17, 15) is 4.79 Å². The van der Waals surface area contributed by atoms with Crippen LogP contribution in [-0.4, -0.2) is 10.9 Å². The lowest BCUT2D eigenvalue weighted by Gasteiger charge is -2.05. The standard InChI is InChI=1S/C16H13ClN2OS2/c1-9-5-6-11(8-12(9)17)19-15(20)14-10(2)18-16(22-14)13-4-3-7-21-13/h3-8H,1-2H3,(H,19,20). The Bertz CT molecular complexity index is 825. The van der Waals surface area contributed by atoms with Crippen molar-refractivity contribution in [2.45, 2.75) is 13.8 Å². The third kappa shape index (κ3) is 3.06. The van der Waals surface area contributed by atoms with Gasteiger partial charge < -0.3 is 5.32 Å². The molecule has 0 radical (unpaired) electrons. The number of carbonyl (C=O) groups excluding carboxylic acids is 1. The molecule has 0 aliphatic heterocycles. The van der Waals surface area contributed by atoms with Crippen molar-refractivity contribution in [3.8, 4) is 9.88 Å². The third-order valence-corrected chi connectivity index (χ3v) is 5.77. The average Bonchev–Trinajstić information content (AvgIpc) is 3.12. The molecule has 112 valence electrons. The maximum Gasteiger partial charge on any atom is 0.267 e. The van der Waals surface area contributed by atoms with Crippen molar-refractivity contribution in [3.63, 3.8) is 0 Å². The Kier molecular flexibility index (Phi) is 4.29. The molecule has 1 N–H and O–H groups in total. The summed E-state index contributed by atoms with van der Waals surface area (Å²) in [7, 11) is 0. The second-order valence-corrected chi connectivity index (χ2v) is 7.18. The van der Waals surface area contributed by atoms with E-state index in [2.05, 4.69) is 10.3 Å². The number of halogens is 1. The van der Waals surface area contributed by atoms with Gasteiger partial charge in [0.2, 0.25) is 0 Å². The molecular weight excluding hydrogens is 336 g/mol. The van der Waals surface area contributed by atoms with Crippen LogP contribution in [-0.2, 0) is 0 Å². The molecule has 1 amide bonds. The molecule has 0 spiro atoms. The minimum atomic E-state index is -0.155. The Morgan fingerprint density at radius 2 is 2.09 bits per heavy atom. The summed E-state index contributed by atoms with van der Waals surface area (Å²) in [4.78, 5) is 18.6. The fourth-order valence-corrected chi connectivity index (χ4v) is 3.91. The molecule has 3 nitrogen and oxygen atoms in total. The Balaban J connectivity index is 1.84. The summed E-state index contributed by atoms with van der Waals surface area (Å²) in [6, 6.07) is 9.46. The number of anilines is 1. The molecule has 6 heteroatoms. The van der Waals surface area contributed by atoms with Gasteiger partial charge in [-0.3, -0.25) is 4.79 Å². The van der Waals surface area contributed by atoms with E-state index >= 15 is 0 Å². The largest absolute Gasteiger partial charge is 0.321 e. The Hall–Kier alpha value is -1.69. The first-order chi connectivity index (χ1) is 10.5. The second-order valence-electron chi connectivity index (χ2n) is 4.83. The number of nitrogens with one attached hydrogen (secondary N) is 1. The number of aryl methyl sites for hydroxylation is 2. The SMILES string of the molecule is Cc1ccc(NC(=O)c2sc(-c3cccs3)nc2C)cc1Cl. The van der Waals surface area contributed by atoms with Crippen molar-refractivity contribution in [3.05, 3.63) is 56.9 Å². The van der Waals surface area contributed by atoms with Gasteiger partial charge in [-0.05, 0) is 43.0 Å². The number of thiophene rings is 1. The average molecular weight is 349 g/mol. The molecule has 22 heavy (non-hydrogen) atoms. The third-order valence-electron chi connectivity index (χ3n) is 3.16. The van der Waals surface area contributed by atoms with E-state index in [-0.39, 0.29) is 5.91 Å². The van der Waals surface area contributed by atoms with Crippen LogP contribution in [0.3, 0.4) is 0 Å². The van der Waals surface area contributed by atoms with Crippen LogP contribution in [0.5, 0.6) is 0 Å². The molecule has 3 aromatic rings. The van der Waals surface area contributed by atoms with Crippen LogP contribution in [0.2, 0.25) is 5.02 Å².